The van der Waals surface area contributed by atoms with E-state index in [1.807, 2.05) is 6.92 Å². The summed E-state index contributed by atoms with van der Waals surface area (Å²) in [7, 11) is 0. The van der Waals surface area contributed by atoms with Crippen LogP contribution in [-0.4, -0.2) is 34.9 Å². The van der Waals surface area contributed by atoms with Gasteiger partial charge in [0, 0.05) is 18.9 Å². The van der Waals surface area contributed by atoms with Crippen molar-refractivity contribution in [2.45, 2.75) is 6.92 Å². The molecule has 80 valence electrons. The van der Waals surface area contributed by atoms with E-state index < -0.39 is 5.91 Å². The van der Waals surface area contributed by atoms with Crippen molar-refractivity contribution in [3.63, 3.8) is 0 Å². The van der Waals surface area contributed by atoms with Gasteiger partial charge in [0.15, 0.2) is 0 Å². The number of nitrogens with zero attached hydrogens (tertiary/aromatic N) is 2. The predicted molar refractivity (Wildman–Crippen MR) is 53.0 cm³/mol. The molecule has 2 N–H and O–H groups in total. The second-order valence-electron chi connectivity index (χ2n) is 2.73. The first-order valence-corrected chi connectivity index (χ1v) is 4.55. The third-order valence-electron chi connectivity index (χ3n) is 1.58. The molecular formula is C9H12N4O2. The fourth-order valence-electron chi connectivity index (χ4n) is 0.927. The van der Waals surface area contributed by atoms with Gasteiger partial charge in [-0.2, -0.15) is 0 Å². The fraction of sp³-hybridized carbons (Fsp3) is 0.333. The fourth-order valence-corrected chi connectivity index (χ4v) is 0.927. The van der Waals surface area contributed by atoms with Crippen LogP contribution >= 0.6 is 0 Å². The summed E-state index contributed by atoms with van der Waals surface area (Å²) in [6, 6.07) is 0. The van der Waals surface area contributed by atoms with Crippen molar-refractivity contribution in [3.8, 4) is 0 Å². The number of hydrogen-bond donors (Lipinski definition) is 2. The number of aromatic nitrogens is 2. The maximum absolute atomic E-state index is 11.4. The van der Waals surface area contributed by atoms with Crippen molar-refractivity contribution in [1.82, 2.24) is 20.6 Å². The van der Waals surface area contributed by atoms with Crippen LogP contribution in [0.15, 0.2) is 18.6 Å². The van der Waals surface area contributed by atoms with Crippen LogP contribution in [0.4, 0.5) is 0 Å². The summed E-state index contributed by atoms with van der Waals surface area (Å²) in [6.45, 7) is 2.30. The van der Waals surface area contributed by atoms with Gasteiger partial charge in [-0.15, -0.1) is 0 Å². The average molecular weight is 208 g/mol. The summed E-state index contributed by atoms with van der Waals surface area (Å²) in [4.78, 5) is 29.9. The van der Waals surface area contributed by atoms with E-state index in [1.165, 1.54) is 18.6 Å². The molecule has 6 heteroatoms. The first kappa shape index (κ1) is 11.1. The number of likely N-dealkylation sites (N-methyl/N-ethyl adjacent to an activating group) is 1. The van der Waals surface area contributed by atoms with Gasteiger partial charge in [0.1, 0.15) is 5.69 Å². The predicted octanol–water partition coefficient (Wildman–Crippen LogP) is -0.657. The zero-order valence-corrected chi connectivity index (χ0v) is 8.36. The van der Waals surface area contributed by atoms with Crippen LogP contribution in [0.25, 0.3) is 0 Å². The third kappa shape index (κ3) is 3.72. The van der Waals surface area contributed by atoms with E-state index in [0.29, 0.717) is 6.54 Å². The molecule has 6 nitrogen and oxygen atoms in total. The topological polar surface area (TPSA) is 84.0 Å². The van der Waals surface area contributed by atoms with E-state index in [2.05, 4.69) is 20.6 Å². The van der Waals surface area contributed by atoms with E-state index in [4.69, 9.17) is 0 Å². The molecule has 0 aliphatic heterocycles. The lowest BCUT2D eigenvalue weighted by Gasteiger charge is -2.03. The molecule has 0 saturated carbocycles. The van der Waals surface area contributed by atoms with Crippen molar-refractivity contribution < 1.29 is 9.59 Å². The molecule has 1 rings (SSSR count). The van der Waals surface area contributed by atoms with Gasteiger partial charge in [0.2, 0.25) is 5.91 Å². The van der Waals surface area contributed by atoms with Crippen molar-refractivity contribution in [2.24, 2.45) is 0 Å². The van der Waals surface area contributed by atoms with Gasteiger partial charge in [-0.05, 0) is 6.92 Å². The van der Waals surface area contributed by atoms with Gasteiger partial charge >= 0.3 is 0 Å². The minimum Gasteiger partial charge on any atom is -0.355 e. The standard InChI is InChI=1S/C9H12N4O2/c1-2-11-8(14)6-13-9(15)7-5-10-3-4-12-7/h3-5H,2,6H2,1H3,(H,11,14)(H,13,15). The van der Waals surface area contributed by atoms with E-state index in [9.17, 15) is 9.59 Å². The van der Waals surface area contributed by atoms with Crippen LogP contribution in [0.5, 0.6) is 0 Å². The van der Waals surface area contributed by atoms with E-state index in [1.54, 1.807) is 0 Å². The quantitative estimate of drug-likeness (QED) is 0.688. The van der Waals surface area contributed by atoms with E-state index in [-0.39, 0.29) is 18.1 Å². The van der Waals surface area contributed by atoms with Crippen LogP contribution in [0, 0.1) is 0 Å². The Morgan fingerprint density at radius 2 is 2.13 bits per heavy atom. The highest BCUT2D eigenvalue weighted by Gasteiger charge is 2.07. The normalized spacial score (nSPS) is 9.40. The lowest BCUT2D eigenvalue weighted by molar-refractivity contribution is -0.120. The zero-order chi connectivity index (χ0) is 11.1. The second-order valence-corrected chi connectivity index (χ2v) is 2.73. The van der Waals surface area contributed by atoms with Crippen molar-refractivity contribution in [2.75, 3.05) is 13.1 Å². The van der Waals surface area contributed by atoms with Crippen LogP contribution in [0.2, 0.25) is 0 Å². The zero-order valence-electron chi connectivity index (χ0n) is 8.36. The van der Waals surface area contributed by atoms with Crippen molar-refractivity contribution >= 4 is 11.8 Å². The van der Waals surface area contributed by atoms with E-state index >= 15 is 0 Å². The molecule has 1 aromatic rings. The molecule has 0 unspecified atom stereocenters. The van der Waals surface area contributed by atoms with Crippen molar-refractivity contribution in [3.05, 3.63) is 24.3 Å². The maximum atomic E-state index is 11.4. The molecule has 1 aromatic heterocycles. The number of hydrogen-bond acceptors (Lipinski definition) is 4. The van der Waals surface area contributed by atoms with Crippen molar-refractivity contribution in [1.29, 1.82) is 0 Å². The largest absolute Gasteiger partial charge is 0.355 e. The molecule has 0 aliphatic rings. The summed E-state index contributed by atoms with van der Waals surface area (Å²) in [5.74, 6) is -0.635. The minimum atomic E-state index is -0.408. The molecule has 0 fully saturated rings. The van der Waals surface area contributed by atoms with Gasteiger partial charge in [0.25, 0.3) is 5.91 Å². The van der Waals surface area contributed by atoms with Crippen LogP contribution < -0.4 is 10.6 Å². The molecule has 0 spiro atoms. The first-order chi connectivity index (χ1) is 7.24. The molecule has 2 amide bonds. The van der Waals surface area contributed by atoms with Gasteiger partial charge in [-0.25, -0.2) is 4.98 Å². The summed E-state index contributed by atoms with van der Waals surface area (Å²) >= 11 is 0. The maximum Gasteiger partial charge on any atom is 0.271 e. The number of nitrogens with one attached hydrogen (secondary N) is 2. The highest BCUT2D eigenvalue weighted by Crippen LogP contribution is 1.88. The van der Waals surface area contributed by atoms with Gasteiger partial charge in [-0.1, -0.05) is 0 Å². The molecule has 0 bridgehead atoms. The Morgan fingerprint density at radius 3 is 2.73 bits per heavy atom. The Hall–Kier alpha value is -1.98. The number of carbonyl (C=O) groups is 2. The minimum absolute atomic E-state index is 0.0523. The second kappa shape index (κ2) is 5.69. The van der Waals surface area contributed by atoms with E-state index in [0.717, 1.165) is 0 Å². The molecule has 0 radical (unpaired) electrons. The summed E-state index contributed by atoms with van der Waals surface area (Å²) in [5, 5.41) is 4.99. The Bertz CT molecular complexity index is 339. The lowest BCUT2D eigenvalue weighted by atomic mass is 10.4. The molecular weight excluding hydrogens is 196 g/mol. The molecule has 0 aromatic carbocycles. The Kier molecular flexibility index (Phi) is 4.21. The van der Waals surface area contributed by atoms with Crippen LogP contribution in [-0.2, 0) is 4.79 Å². The smallest absolute Gasteiger partial charge is 0.271 e. The monoisotopic (exact) mass is 208 g/mol. The average Bonchev–Trinajstić information content (AvgIpc) is 2.27. The number of carbonyl (C=O) groups excluding carboxylic acids is 2. The molecule has 1 heterocycles. The third-order valence-corrected chi connectivity index (χ3v) is 1.58. The lowest BCUT2D eigenvalue weighted by Crippen LogP contribution is -2.37. The van der Waals surface area contributed by atoms with Gasteiger partial charge < -0.3 is 10.6 Å². The molecule has 0 aliphatic carbocycles. The van der Waals surface area contributed by atoms with Gasteiger partial charge in [0.05, 0.1) is 12.7 Å². The Labute approximate surface area is 87.1 Å². The highest BCUT2D eigenvalue weighted by molar-refractivity contribution is 5.94. The highest BCUT2D eigenvalue weighted by atomic mass is 16.2. The summed E-state index contributed by atoms with van der Waals surface area (Å²) in [5.41, 5.74) is 0.196. The number of rotatable bonds is 4. The Balaban J connectivity index is 2.40. The van der Waals surface area contributed by atoms with Crippen LogP contribution in [0.3, 0.4) is 0 Å². The molecule has 0 atom stereocenters. The SMILES string of the molecule is CCNC(=O)CNC(=O)c1cnccn1. The first-order valence-electron chi connectivity index (χ1n) is 4.55. The summed E-state index contributed by atoms with van der Waals surface area (Å²) < 4.78 is 0. The number of amides is 2. The molecule has 0 saturated heterocycles. The van der Waals surface area contributed by atoms with Crippen LogP contribution in [0.1, 0.15) is 17.4 Å². The van der Waals surface area contributed by atoms with Gasteiger partial charge in [-0.3, -0.25) is 14.6 Å². The molecule has 15 heavy (non-hydrogen) atoms. The Morgan fingerprint density at radius 1 is 1.33 bits per heavy atom. The summed E-state index contributed by atoms with van der Waals surface area (Å²) in [6.07, 6.45) is 4.23.